The Morgan fingerprint density at radius 1 is 1.11 bits per heavy atom. The molecule has 19 heavy (non-hydrogen) atoms. The lowest BCUT2D eigenvalue weighted by Gasteiger charge is -2.41. The molecule has 0 saturated heterocycles. The number of hydrogen-bond acceptors (Lipinski definition) is 2. The maximum Gasteiger partial charge on any atom is 0.126 e. The van der Waals surface area contributed by atoms with E-state index in [0.29, 0.717) is 5.03 Å². The number of allylic oxidation sites excluding steroid dienone is 4. The monoisotopic (exact) mass is 266 g/mol. The average molecular weight is 267 g/mol. The van der Waals surface area contributed by atoms with Gasteiger partial charge in [0, 0.05) is 0 Å². The van der Waals surface area contributed by atoms with Crippen molar-refractivity contribution in [3.05, 3.63) is 71.3 Å². The highest BCUT2D eigenvalue weighted by molar-refractivity contribution is 6.47. The van der Waals surface area contributed by atoms with Crippen LogP contribution in [0.5, 0.6) is 0 Å². The summed E-state index contributed by atoms with van der Waals surface area (Å²) in [6, 6.07) is 8.03. The normalized spacial score (nSPS) is 26.3. The van der Waals surface area contributed by atoms with E-state index in [0.717, 1.165) is 22.7 Å². The van der Waals surface area contributed by atoms with E-state index < -0.39 is 5.54 Å². The molecule has 1 aliphatic heterocycles. The summed E-state index contributed by atoms with van der Waals surface area (Å²) in [6.45, 7) is 0. The van der Waals surface area contributed by atoms with Gasteiger partial charge in [-0.1, -0.05) is 48.0 Å². The average Bonchev–Trinajstić information content (AvgIpc) is 2.45. The van der Waals surface area contributed by atoms with Crippen LogP contribution in [0.2, 0.25) is 0 Å². The molecule has 1 spiro atoms. The lowest BCUT2D eigenvalue weighted by Crippen LogP contribution is -2.49. The van der Waals surface area contributed by atoms with Crippen LogP contribution in [0.3, 0.4) is 0 Å². The van der Waals surface area contributed by atoms with E-state index >= 15 is 0 Å². The van der Waals surface area contributed by atoms with Crippen LogP contribution < -0.4 is 5.32 Å². The van der Waals surface area contributed by atoms with Crippen molar-refractivity contribution in [2.24, 2.45) is 4.99 Å². The first kappa shape index (κ1) is 10.8. The zero-order valence-electron chi connectivity index (χ0n) is 10.1. The molecule has 1 heterocycles. The highest BCUT2D eigenvalue weighted by atomic mass is 35.5. The largest absolute Gasteiger partial charge is 0.365 e. The van der Waals surface area contributed by atoms with Crippen molar-refractivity contribution in [1.29, 1.82) is 0 Å². The van der Waals surface area contributed by atoms with Gasteiger partial charge in [-0.05, 0) is 29.9 Å². The van der Waals surface area contributed by atoms with Crippen LogP contribution in [-0.2, 0) is 0 Å². The van der Waals surface area contributed by atoms with Crippen molar-refractivity contribution >= 4 is 28.7 Å². The van der Waals surface area contributed by atoms with Crippen molar-refractivity contribution in [3.63, 3.8) is 0 Å². The van der Waals surface area contributed by atoms with Gasteiger partial charge in [0.15, 0.2) is 0 Å². The van der Waals surface area contributed by atoms with E-state index in [9.17, 15) is 0 Å². The van der Waals surface area contributed by atoms with Gasteiger partial charge in [0.1, 0.15) is 5.54 Å². The standard InChI is InChI=1S/C16H11ClN2/c17-12-9-8-11-5-3-4-10-16(11)15(12)18-13-6-1-2-7-14(13)19-16/h1-10,19H. The third-order valence-electron chi connectivity index (χ3n) is 3.67. The molecular formula is C16H11ClN2. The van der Waals surface area contributed by atoms with Gasteiger partial charge in [-0.2, -0.15) is 0 Å². The first-order valence-electron chi connectivity index (χ1n) is 6.20. The third-order valence-corrected chi connectivity index (χ3v) is 3.97. The number of fused-ring (bicyclic) bond motifs is 1. The molecule has 1 aromatic carbocycles. The van der Waals surface area contributed by atoms with Gasteiger partial charge in [-0.3, -0.25) is 0 Å². The van der Waals surface area contributed by atoms with Crippen LogP contribution in [0, 0.1) is 0 Å². The summed E-state index contributed by atoms with van der Waals surface area (Å²) in [5, 5.41) is 4.27. The molecular weight excluding hydrogens is 256 g/mol. The summed E-state index contributed by atoms with van der Waals surface area (Å²) < 4.78 is 0. The number of para-hydroxylation sites is 2. The topological polar surface area (TPSA) is 24.4 Å². The number of anilines is 1. The Labute approximate surface area is 116 Å². The van der Waals surface area contributed by atoms with Crippen LogP contribution in [0.15, 0.2) is 76.3 Å². The summed E-state index contributed by atoms with van der Waals surface area (Å²) >= 11 is 6.36. The van der Waals surface area contributed by atoms with Crippen molar-refractivity contribution in [2.45, 2.75) is 5.54 Å². The second-order valence-electron chi connectivity index (χ2n) is 4.77. The quantitative estimate of drug-likeness (QED) is 0.751. The molecule has 4 rings (SSSR count). The van der Waals surface area contributed by atoms with Gasteiger partial charge < -0.3 is 5.32 Å². The minimum atomic E-state index is -0.422. The molecule has 1 atom stereocenters. The molecule has 0 bridgehead atoms. The molecule has 1 unspecified atom stereocenters. The Kier molecular flexibility index (Phi) is 2.12. The maximum atomic E-state index is 6.36. The van der Waals surface area contributed by atoms with Crippen molar-refractivity contribution in [3.8, 4) is 0 Å². The van der Waals surface area contributed by atoms with E-state index in [-0.39, 0.29) is 0 Å². The maximum absolute atomic E-state index is 6.36. The number of rotatable bonds is 0. The number of nitrogens with zero attached hydrogens (tertiary/aromatic N) is 1. The molecule has 0 fully saturated rings. The van der Waals surface area contributed by atoms with Crippen LogP contribution in [0.1, 0.15) is 0 Å². The molecule has 0 radical (unpaired) electrons. The zero-order chi connectivity index (χ0) is 12.9. The Balaban J connectivity index is 2.00. The van der Waals surface area contributed by atoms with E-state index in [2.05, 4.69) is 17.5 Å². The molecule has 2 nitrogen and oxygen atoms in total. The van der Waals surface area contributed by atoms with E-state index in [4.69, 9.17) is 16.6 Å². The lowest BCUT2D eigenvalue weighted by atomic mass is 9.77. The summed E-state index contributed by atoms with van der Waals surface area (Å²) in [7, 11) is 0. The van der Waals surface area contributed by atoms with Gasteiger partial charge in [-0.25, -0.2) is 4.99 Å². The van der Waals surface area contributed by atoms with Crippen molar-refractivity contribution in [2.75, 3.05) is 5.32 Å². The van der Waals surface area contributed by atoms with Crippen molar-refractivity contribution in [1.82, 2.24) is 0 Å². The number of benzene rings is 1. The fourth-order valence-corrected chi connectivity index (χ4v) is 3.00. The lowest BCUT2D eigenvalue weighted by molar-refractivity contribution is 0.880. The Morgan fingerprint density at radius 2 is 2.00 bits per heavy atom. The van der Waals surface area contributed by atoms with Gasteiger partial charge in [-0.15, -0.1) is 0 Å². The Morgan fingerprint density at radius 3 is 2.95 bits per heavy atom. The van der Waals surface area contributed by atoms with Crippen LogP contribution in [-0.4, -0.2) is 11.3 Å². The Hall–Kier alpha value is -2.06. The van der Waals surface area contributed by atoms with E-state index in [1.165, 1.54) is 0 Å². The molecule has 92 valence electrons. The number of aliphatic imine (C=N–C) groups is 1. The molecule has 0 amide bonds. The van der Waals surface area contributed by atoms with Gasteiger partial charge in [0.2, 0.25) is 0 Å². The first-order valence-corrected chi connectivity index (χ1v) is 6.58. The van der Waals surface area contributed by atoms with Crippen molar-refractivity contribution < 1.29 is 0 Å². The molecule has 3 aliphatic rings. The molecule has 1 N–H and O–H groups in total. The predicted octanol–water partition coefficient (Wildman–Crippen LogP) is 4.11. The summed E-state index contributed by atoms with van der Waals surface area (Å²) in [5.41, 5.74) is 3.57. The predicted molar refractivity (Wildman–Crippen MR) is 80.2 cm³/mol. The summed E-state index contributed by atoms with van der Waals surface area (Å²) in [4.78, 5) is 4.75. The first-order chi connectivity index (χ1) is 9.29. The van der Waals surface area contributed by atoms with E-state index in [1.807, 2.05) is 48.6 Å². The van der Waals surface area contributed by atoms with Crippen LogP contribution in [0.4, 0.5) is 11.4 Å². The highest BCUT2D eigenvalue weighted by Crippen LogP contribution is 2.43. The third kappa shape index (κ3) is 1.41. The fourth-order valence-electron chi connectivity index (χ4n) is 2.74. The molecule has 0 aromatic heterocycles. The van der Waals surface area contributed by atoms with Gasteiger partial charge in [0.25, 0.3) is 0 Å². The van der Waals surface area contributed by atoms with Gasteiger partial charge in [0.05, 0.1) is 22.1 Å². The second-order valence-corrected chi connectivity index (χ2v) is 5.17. The van der Waals surface area contributed by atoms with Gasteiger partial charge >= 0.3 is 0 Å². The zero-order valence-corrected chi connectivity index (χ0v) is 10.9. The molecule has 3 heteroatoms. The Bertz CT molecular complexity index is 722. The summed E-state index contributed by atoms with van der Waals surface area (Å²) in [6.07, 6.45) is 12.2. The second kappa shape index (κ2) is 3.72. The smallest absolute Gasteiger partial charge is 0.126 e. The van der Waals surface area contributed by atoms with E-state index in [1.54, 1.807) is 0 Å². The SMILES string of the molecule is ClC1=CC=C2C=CC=CC23Nc2ccccc2N=C13. The molecule has 0 saturated carbocycles. The minimum absolute atomic E-state index is 0.422. The molecule has 1 aromatic rings. The fraction of sp³-hybridized carbons (Fsp3) is 0.0625. The van der Waals surface area contributed by atoms with Crippen LogP contribution >= 0.6 is 11.6 Å². The number of hydrogen-bond donors (Lipinski definition) is 1. The summed E-state index contributed by atoms with van der Waals surface area (Å²) in [5.74, 6) is 0. The van der Waals surface area contributed by atoms with Crippen LogP contribution in [0.25, 0.3) is 0 Å². The molecule has 2 aliphatic carbocycles. The minimum Gasteiger partial charge on any atom is -0.365 e. The highest BCUT2D eigenvalue weighted by Gasteiger charge is 2.42. The number of halogens is 1. The number of nitrogens with one attached hydrogen (secondary N) is 1.